The fourth-order valence-electron chi connectivity index (χ4n) is 4.04. The van der Waals surface area contributed by atoms with E-state index >= 15 is 0 Å². The Morgan fingerprint density at radius 3 is 2.68 bits per heavy atom. The first-order valence-electron chi connectivity index (χ1n) is 9.17. The predicted molar refractivity (Wildman–Crippen MR) is 101 cm³/mol. The molecule has 0 aliphatic carbocycles. The molecular weight excluding hydrogens is 362 g/mol. The van der Waals surface area contributed by atoms with E-state index in [4.69, 9.17) is 18.9 Å². The third kappa shape index (κ3) is 3.33. The van der Waals surface area contributed by atoms with Crippen molar-refractivity contribution in [3.63, 3.8) is 0 Å². The van der Waals surface area contributed by atoms with Gasteiger partial charge >= 0.3 is 5.97 Å². The molecule has 0 bridgehead atoms. The van der Waals surface area contributed by atoms with Gasteiger partial charge in [-0.2, -0.15) is 0 Å². The van der Waals surface area contributed by atoms with Crippen LogP contribution in [-0.4, -0.2) is 56.1 Å². The number of methoxy groups -OCH3 is 1. The summed E-state index contributed by atoms with van der Waals surface area (Å²) in [6.45, 7) is 1.08. The summed E-state index contributed by atoms with van der Waals surface area (Å²) < 4.78 is 22.1. The number of likely N-dealkylation sites (tertiary alicyclic amines) is 1. The zero-order chi connectivity index (χ0) is 19.7. The van der Waals surface area contributed by atoms with Crippen LogP contribution in [0.25, 0.3) is 0 Å². The highest BCUT2D eigenvalue weighted by atomic mass is 16.7. The van der Waals surface area contributed by atoms with Crippen molar-refractivity contribution in [2.24, 2.45) is 5.92 Å². The van der Waals surface area contributed by atoms with Crippen molar-refractivity contribution in [2.45, 2.75) is 12.0 Å². The highest BCUT2D eigenvalue weighted by molar-refractivity contribution is 5.73. The van der Waals surface area contributed by atoms with E-state index in [0.717, 1.165) is 5.56 Å². The van der Waals surface area contributed by atoms with Crippen LogP contribution in [0.15, 0.2) is 42.5 Å². The van der Waals surface area contributed by atoms with E-state index in [2.05, 4.69) is 0 Å². The first-order valence-corrected chi connectivity index (χ1v) is 9.17. The second-order valence-corrected chi connectivity index (χ2v) is 7.05. The van der Waals surface area contributed by atoms with E-state index in [1.54, 1.807) is 7.11 Å². The Morgan fingerprint density at radius 2 is 1.93 bits per heavy atom. The number of ether oxygens (including phenoxy) is 4. The zero-order valence-electron chi connectivity index (χ0n) is 15.8. The second-order valence-electron chi connectivity index (χ2n) is 7.05. The fraction of sp³-hybridized carbons (Fsp3) is 0.381. The molecule has 148 valence electrons. The summed E-state index contributed by atoms with van der Waals surface area (Å²) in [5, 5.41) is 9.96. The van der Waals surface area contributed by atoms with E-state index in [-0.39, 0.29) is 25.4 Å². The Morgan fingerprint density at radius 1 is 1.18 bits per heavy atom. The summed E-state index contributed by atoms with van der Waals surface area (Å²) in [6, 6.07) is 12.7. The number of likely N-dealkylation sites (N-methyl/N-ethyl adjacent to an activating group) is 1. The number of nitrogens with zero attached hydrogens (tertiary/aromatic N) is 1. The molecule has 1 saturated heterocycles. The molecule has 1 N–H and O–H groups in total. The molecule has 0 saturated carbocycles. The Kier molecular flexibility index (Phi) is 5.00. The number of benzene rings is 2. The number of rotatable bonds is 6. The molecule has 0 aromatic heterocycles. The van der Waals surface area contributed by atoms with E-state index < -0.39 is 11.9 Å². The van der Waals surface area contributed by atoms with E-state index in [0.29, 0.717) is 29.5 Å². The van der Waals surface area contributed by atoms with E-state index in [9.17, 15) is 9.90 Å². The molecule has 2 aliphatic heterocycles. The van der Waals surface area contributed by atoms with Gasteiger partial charge in [0, 0.05) is 12.5 Å². The molecule has 7 heteroatoms. The minimum atomic E-state index is -0.833. The lowest BCUT2D eigenvalue weighted by Gasteiger charge is -2.24. The summed E-state index contributed by atoms with van der Waals surface area (Å²) in [6.07, 6.45) is 0. The SMILES string of the molecule is COc1ccccc1OC[C@@H]1[C@H](C(=O)O)[C@@H](c2ccc3c(c2)OCO3)CN1C. The lowest BCUT2D eigenvalue weighted by molar-refractivity contribution is -0.143. The number of carboxylic acids is 1. The number of fused-ring (bicyclic) bond motifs is 1. The summed E-state index contributed by atoms with van der Waals surface area (Å²) in [7, 11) is 3.51. The summed E-state index contributed by atoms with van der Waals surface area (Å²) >= 11 is 0. The summed E-state index contributed by atoms with van der Waals surface area (Å²) in [5.74, 6) is 0.997. The van der Waals surface area contributed by atoms with Crippen LogP contribution in [0.3, 0.4) is 0 Å². The van der Waals surface area contributed by atoms with Gasteiger partial charge in [0.2, 0.25) is 6.79 Å². The van der Waals surface area contributed by atoms with Gasteiger partial charge in [-0.1, -0.05) is 18.2 Å². The maximum Gasteiger partial charge on any atom is 0.308 e. The monoisotopic (exact) mass is 385 g/mol. The lowest BCUT2D eigenvalue weighted by Crippen LogP contribution is -2.38. The topological polar surface area (TPSA) is 77.5 Å². The number of para-hydroxylation sites is 2. The second kappa shape index (κ2) is 7.59. The Hall–Kier alpha value is -2.93. The fourth-order valence-corrected chi connectivity index (χ4v) is 4.04. The van der Waals surface area contributed by atoms with Crippen LogP contribution < -0.4 is 18.9 Å². The average Bonchev–Trinajstić information content (AvgIpc) is 3.30. The van der Waals surface area contributed by atoms with Crippen molar-refractivity contribution in [2.75, 3.05) is 34.1 Å². The maximum absolute atomic E-state index is 12.1. The van der Waals surface area contributed by atoms with E-state index in [1.165, 1.54) is 0 Å². The van der Waals surface area contributed by atoms with Crippen LogP contribution in [0.4, 0.5) is 0 Å². The summed E-state index contributed by atoms with van der Waals surface area (Å²) in [4.78, 5) is 14.2. The van der Waals surface area contributed by atoms with E-state index in [1.807, 2.05) is 54.4 Å². The van der Waals surface area contributed by atoms with Crippen LogP contribution in [0.1, 0.15) is 11.5 Å². The molecule has 0 radical (unpaired) electrons. The number of aliphatic carboxylic acids is 1. The van der Waals surface area contributed by atoms with Crippen molar-refractivity contribution >= 4 is 5.97 Å². The van der Waals surface area contributed by atoms with Crippen molar-refractivity contribution in [3.05, 3.63) is 48.0 Å². The predicted octanol–water partition coefficient (Wildman–Crippen LogP) is 2.60. The number of hydrogen-bond acceptors (Lipinski definition) is 6. The molecule has 1 fully saturated rings. The van der Waals surface area contributed by atoms with Crippen molar-refractivity contribution in [1.82, 2.24) is 4.90 Å². The van der Waals surface area contributed by atoms with Gasteiger partial charge < -0.3 is 24.1 Å². The van der Waals surface area contributed by atoms with Crippen LogP contribution in [-0.2, 0) is 4.79 Å². The summed E-state index contributed by atoms with van der Waals surface area (Å²) in [5.41, 5.74) is 0.934. The zero-order valence-corrected chi connectivity index (χ0v) is 15.8. The highest BCUT2D eigenvalue weighted by Gasteiger charge is 2.46. The van der Waals surface area contributed by atoms with Crippen LogP contribution in [0.5, 0.6) is 23.0 Å². The smallest absolute Gasteiger partial charge is 0.308 e. The number of carbonyl (C=O) groups is 1. The molecular formula is C21H23NO6. The van der Waals surface area contributed by atoms with Gasteiger partial charge in [-0.25, -0.2) is 0 Å². The van der Waals surface area contributed by atoms with Crippen LogP contribution >= 0.6 is 0 Å². The first-order chi connectivity index (χ1) is 13.6. The van der Waals surface area contributed by atoms with Gasteiger partial charge in [0.25, 0.3) is 0 Å². The highest BCUT2D eigenvalue weighted by Crippen LogP contribution is 2.41. The first kappa shape index (κ1) is 18.4. The number of hydrogen-bond donors (Lipinski definition) is 1. The molecule has 0 amide bonds. The normalized spacial score (nSPS) is 23.6. The van der Waals surface area contributed by atoms with Crippen LogP contribution in [0, 0.1) is 5.92 Å². The third-order valence-corrected chi connectivity index (χ3v) is 5.49. The molecule has 4 rings (SSSR count). The maximum atomic E-state index is 12.1. The Balaban J connectivity index is 1.55. The Labute approximate surface area is 163 Å². The molecule has 2 aromatic carbocycles. The minimum Gasteiger partial charge on any atom is -0.493 e. The molecule has 0 spiro atoms. The molecule has 2 aliphatic rings. The van der Waals surface area contributed by atoms with Crippen LogP contribution in [0.2, 0.25) is 0 Å². The van der Waals surface area contributed by atoms with Crippen molar-refractivity contribution in [1.29, 1.82) is 0 Å². The minimum absolute atomic E-state index is 0.164. The largest absolute Gasteiger partial charge is 0.493 e. The molecule has 3 atom stereocenters. The van der Waals surface area contributed by atoms with Gasteiger partial charge in [-0.15, -0.1) is 0 Å². The standard InChI is InChI=1S/C21H23NO6/c1-22-10-14(13-7-8-18-19(9-13)28-12-27-18)20(21(23)24)15(22)11-26-17-6-4-3-5-16(17)25-2/h3-9,14-15,20H,10-12H2,1-2H3,(H,23,24)/t14-,15-,20-/m1/s1. The lowest BCUT2D eigenvalue weighted by atomic mass is 9.85. The van der Waals surface area contributed by atoms with Gasteiger partial charge in [0.1, 0.15) is 6.61 Å². The van der Waals surface area contributed by atoms with Gasteiger partial charge in [-0.3, -0.25) is 9.69 Å². The van der Waals surface area contributed by atoms with Gasteiger partial charge in [0.15, 0.2) is 23.0 Å². The van der Waals surface area contributed by atoms with Crippen molar-refractivity contribution in [3.8, 4) is 23.0 Å². The quantitative estimate of drug-likeness (QED) is 0.819. The molecule has 28 heavy (non-hydrogen) atoms. The molecule has 2 heterocycles. The molecule has 7 nitrogen and oxygen atoms in total. The molecule has 2 aromatic rings. The third-order valence-electron chi connectivity index (χ3n) is 5.49. The van der Waals surface area contributed by atoms with Gasteiger partial charge in [0.05, 0.1) is 19.1 Å². The molecule has 0 unspecified atom stereocenters. The van der Waals surface area contributed by atoms with Crippen molar-refractivity contribution < 1.29 is 28.8 Å². The number of carboxylic acid groups (broad SMARTS) is 1. The Bertz CT molecular complexity index is 870. The van der Waals surface area contributed by atoms with Gasteiger partial charge in [-0.05, 0) is 36.9 Å². The average molecular weight is 385 g/mol.